The zero-order valence-electron chi connectivity index (χ0n) is 12.6. The second-order valence-corrected chi connectivity index (χ2v) is 4.83. The van der Waals surface area contributed by atoms with E-state index in [4.69, 9.17) is 0 Å². The van der Waals surface area contributed by atoms with Gasteiger partial charge in [-0.1, -0.05) is 6.92 Å². The van der Waals surface area contributed by atoms with Gasteiger partial charge in [-0.3, -0.25) is 4.79 Å². The lowest BCUT2D eigenvalue weighted by Gasteiger charge is -2.08. The Balaban J connectivity index is 1.66. The maximum atomic E-state index is 11.3. The second-order valence-electron chi connectivity index (χ2n) is 4.83. The van der Waals surface area contributed by atoms with Gasteiger partial charge in [0.2, 0.25) is 5.91 Å². The Morgan fingerprint density at radius 1 is 1.09 bits per heavy atom. The molecule has 3 aromatic rings. The van der Waals surface area contributed by atoms with Gasteiger partial charge < -0.3 is 10.6 Å². The van der Waals surface area contributed by atoms with Gasteiger partial charge >= 0.3 is 0 Å². The van der Waals surface area contributed by atoms with Crippen molar-refractivity contribution in [3.8, 4) is 5.82 Å². The first-order valence-corrected chi connectivity index (χ1v) is 7.25. The van der Waals surface area contributed by atoms with Gasteiger partial charge in [-0.15, -0.1) is 10.2 Å². The Bertz CT molecular complexity index is 765. The molecule has 1 amide bonds. The molecule has 7 nitrogen and oxygen atoms in total. The van der Waals surface area contributed by atoms with E-state index in [9.17, 15) is 4.79 Å². The second kappa shape index (κ2) is 6.69. The number of carbonyl (C=O) groups excluding carboxylic acids is 1. The molecule has 0 radical (unpaired) electrons. The highest BCUT2D eigenvalue weighted by Gasteiger charge is 2.02. The predicted molar refractivity (Wildman–Crippen MR) is 87.8 cm³/mol. The summed E-state index contributed by atoms with van der Waals surface area (Å²) in [7, 11) is 0. The average Bonchev–Trinajstić information content (AvgIpc) is 3.12. The van der Waals surface area contributed by atoms with E-state index in [2.05, 4.69) is 25.9 Å². The number of amides is 1. The Morgan fingerprint density at radius 3 is 2.48 bits per heavy atom. The molecule has 0 aliphatic rings. The quantitative estimate of drug-likeness (QED) is 0.757. The van der Waals surface area contributed by atoms with Crippen molar-refractivity contribution >= 4 is 23.1 Å². The number of anilines is 3. The van der Waals surface area contributed by atoms with E-state index in [1.54, 1.807) is 17.1 Å². The van der Waals surface area contributed by atoms with Crippen LogP contribution in [0.1, 0.15) is 13.3 Å². The molecule has 0 saturated carbocycles. The Kier molecular flexibility index (Phi) is 4.28. The van der Waals surface area contributed by atoms with Gasteiger partial charge in [0, 0.05) is 30.2 Å². The lowest BCUT2D eigenvalue weighted by Crippen LogP contribution is -2.09. The summed E-state index contributed by atoms with van der Waals surface area (Å²) < 4.78 is 1.64. The monoisotopic (exact) mass is 308 g/mol. The van der Waals surface area contributed by atoms with E-state index < -0.39 is 0 Å². The van der Waals surface area contributed by atoms with E-state index in [0.717, 1.165) is 11.4 Å². The smallest absolute Gasteiger partial charge is 0.224 e. The van der Waals surface area contributed by atoms with Crippen LogP contribution >= 0.6 is 0 Å². The van der Waals surface area contributed by atoms with Crippen molar-refractivity contribution in [2.24, 2.45) is 0 Å². The normalized spacial score (nSPS) is 10.3. The standard InChI is InChI=1S/C16H16N6O/c1-2-16(23)19-13-6-4-12(5-7-13)18-14-8-9-15(21-20-14)22-11-3-10-17-22/h3-11H,2H2,1H3,(H,18,20)(H,19,23). The van der Waals surface area contributed by atoms with Gasteiger partial charge in [-0.05, 0) is 42.5 Å². The number of aromatic nitrogens is 4. The summed E-state index contributed by atoms with van der Waals surface area (Å²) in [6.45, 7) is 1.82. The molecule has 1 aromatic carbocycles. The fourth-order valence-electron chi connectivity index (χ4n) is 1.95. The minimum Gasteiger partial charge on any atom is -0.339 e. The molecule has 0 atom stereocenters. The highest BCUT2D eigenvalue weighted by Crippen LogP contribution is 2.17. The van der Waals surface area contributed by atoms with Crippen LogP contribution < -0.4 is 10.6 Å². The van der Waals surface area contributed by atoms with Gasteiger partial charge in [-0.2, -0.15) is 5.10 Å². The molecule has 0 saturated heterocycles. The Morgan fingerprint density at radius 2 is 1.87 bits per heavy atom. The van der Waals surface area contributed by atoms with Gasteiger partial charge in [0.05, 0.1) is 0 Å². The Hall–Kier alpha value is -3.22. The summed E-state index contributed by atoms with van der Waals surface area (Å²) in [6.07, 6.45) is 3.95. The van der Waals surface area contributed by atoms with Crippen LogP contribution in [0.4, 0.5) is 17.2 Å². The molecule has 0 fully saturated rings. The van der Waals surface area contributed by atoms with Crippen LogP contribution in [0.25, 0.3) is 5.82 Å². The number of benzene rings is 1. The van der Waals surface area contributed by atoms with Gasteiger partial charge in [0.25, 0.3) is 0 Å². The van der Waals surface area contributed by atoms with E-state index in [0.29, 0.717) is 18.1 Å². The summed E-state index contributed by atoms with van der Waals surface area (Å²) in [4.78, 5) is 11.3. The maximum Gasteiger partial charge on any atom is 0.224 e. The number of nitrogens with one attached hydrogen (secondary N) is 2. The fourth-order valence-corrected chi connectivity index (χ4v) is 1.95. The van der Waals surface area contributed by atoms with Crippen molar-refractivity contribution in [1.29, 1.82) is 0 Å². The third-order valence-electron chi connectivity index (χ3n) is 3.15. The third kappa shape index (κ3) is 3.70. The van der Waals surface area contributed by atoms with Gasteiger partial charge in [0.15, 0.2) is 11.6 Å². The molecule has 116 valence electrons. The van der Waals surface area contributed by atoms with Crippen LogP contribution in [-0.4, -0.2) is 25.9 Å². The summed E-state index contributed by atoms with van der Waals surface area (Å²) in [6, 6.07) is 12.9. The van der Waals surface area contributed by atoms with E-state index in [1.165, 1.54) is 0 Å². The zero-order valence-corrected chi connectivity index (χ0v) is 12.6. The first-order chi connectivity index (χ1) is 11.2. The van der Waals surface area contributed by atoms with Gasteiger partial charge in [-0.25, -0.2) is 4.68 Å². The largest absolute Gasteiger partial charge is 0.339 e. The summed E-state index contributed by atoms with van der Waals surface area (Å²) in [5, 5.41) is 18.3. The molecule has 7 heteroatoms. The minimum absolute atomic E-state index is 0.00853. The first kappa shape index (κ1) is 14.7. The Labute approximate surface area is 133 Å². The zero-order chi connectivity index (χ0) is 16.1. The number of hydrogen-bond donors (Lipinski definition) is 2. The van der Waals surface area contributed by atoms with Crippen LogP contribution in [0.5, 0.6) is 0 Å². The van der Waals surface area contributed by atoms with Crippen molar-refractivity contribution in [3.63, 3.8) is 0 Å². The van der Waals surface area contributed by atoms with Crippen molar-refractivity contribution in [2.45, 2.75) is 13.3 Å². The van der Waals surface area contributed by atoms with Crippen LogP contribution in [0.3, 0.4) is 0 Å². The predicted octanol–water partition coefficient (Wildman–Crippen LogP) is 2.75. The van der Waals surface area contributed by atoms with Crippen LogP contribution in [-0.2, 0) is 4.79 Å². The highest BCUT2D eigenvalue weighted by atomic mass is 16.1. The molecular weight excluding hydrogens is 292 g/mol. The van der Waals surface area contributed by atoms with Crippen molar-refractivity contribution in [3.05, 3.63) is 54.9 Å². The maximum absolute atomic E-state index is 11.3. The number of carbonyl (C=O) groups is 1. The van der Waals surface area contributed by atoms with Gasteiger partial charge in [0.1, 0.15) is 0 Å². The molecule has 0 spiro atoms. The molecule has 2 heterocycles. The summed E-state index contributed by atoms with van der Waals surface area (Å²) in [5.41, 5.74) is 1.63. The topological polar surface area (TPSA) is 84.7 Å². The van der Waals surface area contributed by atoms with Crippen molar-refractivity contribution in [1.82, 2.24) is 20.0 Å². The molecule has 2 aromatic heterocycles. The highest BCUT2D eigenvalue weighted by molar-refractivity contribution is 5.90. The molecule has 0 aliphatic heterocycles. The van der Waals surface area contributed by atoms with Crippen LogP contribution in [0.2, 0.25) is 0 Å². The van der Waals surface area contributed by atoms with E-state index in [-0.39, 0.29) is 5.91 Å². The number of rotatable bonds is 5. The van der Waals surface area contributed by atoms with Crippen molar-refractivity contribution < 1.29 is 4.79 Å². The number of hydrogen-bond acceptors (Lipinski definition) is 5. The number of nitrogens with zero attached hydrogens (tertiary/aromatic N) is 4. The summed E-state index contributed by atoms with van der Waals surface area (Å²) in [5.74, 6) is 1.27. The van der Waals surface area contributed by atoms with Crippen molar-refractivity contribution in [2.75, 3.05) is 10.6 Å². The lowest BCUT2D eigenvalue weighted by atomic mass is 10.2. The molecule has 0 aliphatic carbocycles. The average molecular weight is 308 g/mol. The van der Waals surface area contributed by atoms with E-state index in [1.807, 2.05) is 49.4 Å². The molecule has 0 unspecified atom stereocenters. The van der Waals surface area contributed by atoms with Crippen LogP contribution in [0.15, 0.2) is 54.9 Å². The third-order valence-corrected chi connectivity index (χ3v) is 3.15. The molecular formula is C16H16N6O. The molecule has 3 rings (SSSR count). The first-order valence-electron chi connectivity index (χ1n) is 7.25. The SMILES string of the molecule is CCC(=O)Nc1ccc(Nc2ccc(-n3cccn3)nn2)cc1. The fraction of sp³-hybridized carbons (Fsp3) is 0.125. The molecule has 0 bridgehead atoms. The lowest BCUT2D eigenvalue weighted by molar-refractivity contribution is -0.115. The van der Waals surface area contributed by atoms with Crippen LogP contribution in [0, 0.1) is 0 Å². The molecule has 23 heavy (non-hydrogen) atoms. The van der Waals surface area contributed by atoms with E-state index >= 15 is 0 Å². The molecule has 2 N–H and O–H groups in total. The minimum atomic E-state index is -0.00853. The summed E-state index contributed by atoms with van der Waals surface area (Å²) >= 11 is 0.